The number of hydrogen-bond acceptors (Lipinski definition) is 5. The summed E-state index contributed by atoms with van der Waals surface area (Å²) in [7, 11) is 0. The minimum Gasteiger partial charge on any atom is -0.369 e. The van der Waals surface area contributed by atoms with Crippen LogP contribution in [0.4, 0.5) is 0 Å². The van der Waals surface area contributed by atoms with Crippen LogP contribution in [-0.2, 0) is 9.59 Å². The minimum atomic E-state index is -0.407. The summed E-state index contributed by atoms with van der Waals surface area (Å²) in [6.07, 6.45) is 3.57. The third-order valence-corrected chi connectivity index (χ3v) is 3.87. The minimum absolute atomic E-state index is 0.0231. The molecule has 0 aromatic heterocycles. The Hall–Kier alpha value is -0.790. The lowest BCUT2D eigenvalue weighted by molar-refractivity contribution is -0.132. The molecule has 1 aliphatic rings. The molecular formula is C12H24N4O2S. The molecule has 0 unspecified atom stereocenters. The Labute approximate surface area is 118 Å². The number of carbonyl (C=O) groups excluding carboxylic acids is 2. The third kappa shape index (κ3) is 5.80. The Bertz CT molecular complexity index is 314. The van der Waals surface area contributed by atoms with E-state index in [0.29, 0.717) is 26.1 Å². The lowest BCUT2D eigenvalue weighted by atomic mass is 10.2. The Morgan fingerprint density at radius 1 is 1.26 bits per heavy atom. The van der Waals surface area contributed by atoms with Crippen molar-refractivity contribution >= 4 is 23.6 Å². The molecular weight excluding hydrogens is 264 g/mol. The number of hydrogen-bond donors (Lipinski definition) is 2. The first-order chi connectivity index (χ1) is 9.04. The molecule has 4 N–H and O–H groups in total. The predicted molar refractivity (Wildman–Crippen MR) is 77.8 cm³/mol. The molecule has 1 atom stereocenters. The van der Waals surface area contributed by atoms with Gasteiger partial charge in [-0.05, 0) is 24.9 Å². The smallest absolute Gasteiger partial charge is 0.239 e. The van der Waals surface area contributed by atoms with Gasteiger partial charge in [-0.15, -0.1) is 0 Å². The molecule has 1 heterocycles. The van der Waals surface area contributed by atoms with E-state index in [2.05, 4.69) is 0 Å². The van der Waals surface area contributed by atoms with Crippen LogP contribution >= 0.6 is 11.8 Å². The molecule has 1 fully saturated rings. The molecule has 0 bridgehead atoms. The predicted octanol–water partition coefficient (Wildman–Crippen LogP) is -0.914. The summed E-state index contributed by atoms with van der Waals surface area (Å²) in [6.45, 7) is 3.08. The molecule has 6 nitrogen and oxygen atoms in total. The van der Waals surface area contributed by atoms with Gasteiger partial charge in [-0.25, -0.2) is 0 Å². The van der Waals surface area contributed by atoms with E-state index in [1.165, 1.54) is 0 Å². The van der Waals surface area contributed by atoms with Gasteiger partial charge < -0.3 is 16.4 Å². The molecule has 1 rings (SSSR count). The Morgan fingerprint density at radius 3 is 2.63 bits per heavy atom. The molecule has 0 saturated carbocycles. The summed E-state index contributed by atoms with van der Waals surface area (Å²) < 4.78 is 0. The van der Waals surface area contributed by atoms with Gasteiger partial charge in [0.1, 0.15) is 0 Å². The molecule has 0 radical (unpaired) electrons. The summed E-state index contributed by atoms with van der Waals surface area (Å²) in [4.78, 5) is 26.9. The van der Waals surface area contributed by atoms with E-state index in [1.54, 1.807) is 11.8 Å². The normalized spacial score (nSPS) is 18.9. The van der Waals surface area contributed by atoms with Crippen LogP contribution in [0.25, 0.3) is 0 Å². The van der Waals surface area contributed by atoms with Crippen LogP contribution in [0.2, 0.25) is 0 Å². The van der Waals surface area contributed by atoms with Gasteiger partial charge in [0.05, 0.1) is 12.6 Å². The molecule has 1 aliphatic heterocycles. The van der Waals surface area contributed by atoms with Crippen molar-refractivity contribution in [3.63, 3.8) is 0 Å². The molecule has 110 valence electrons. The van der Waals surface area contributed by atoms with Crippen LogP contribution in [-0.4, -0.2) is 72.4 Å². The molecule has 0 aromatic rings. The number of primary amides is 1. The fraction of sp³-hybridized carbons (Fsp3) is 0.833. The van der Waals surface area contributed by atoms with E-state index in [9.17, 15) is 9.59 Å². The molecule has 2 amide bonds. The fourth-order valence-electron chi connectivity index (χ4n) is 2.17. The second-order valence-corrected chi connectivity index (χ2v) is 5.79. The van der Waals surface area contributed by atoms with Crippen LogP contribution in [0.5, 0.6) is 0 Å². The number of carbonyl (C=O) groups is 2. The van der Waals surface area contributed by atoms with Gasteiger partial charge in [0.25, 0.3) is 0 Å². The SMILES string of the molecule is CSCC[C@H](N)C(=O)N1CCCN(CC(N)=O)CC1. The first-order valence-electron chi connectivity index (χ1n) is 6.58. The van der Waals surface area contributed by atoms with Crippen LogP contribution in [0.3, 0.4) is 0 Å². The van der Waals surface area contributed by atoms with Gasteiger partial charge in [-0.3, -0.25) is 14.5 Å². The number of nitrogens with zero attached hydrogens (tertiary/aromatic N) is 2. The Morgan fingerprint density at radius 2 is 2.00 bits per heavy atom. The van der Waals surface area contributed by atoms with Gasteiger partial charge >= 0.3 is 0 Å². The maximum Gasteiger partial charge on any atom is 0.239 e. The summed E-state index contributed by atoms with van der Waals surface area (Å²) >= 11 is 1.70. The molecule has 0 aliphatic carbocycles. The lowest BCUT2D eigenvalue weighted by Gasteiger charge is -2.24. The van der Waals surface area contributed by atoms with Crippen molar-refractivity contribution in [1.82, 2.24) is 9.80 Å². The van der Waals surface area contributed by atoms with E-state index >= 15 is 0 Å². The maximum atomic E-state index is 12.2. The largest absolute Gasteiger partial charge is 0.369 e. The number of thioether (sulfide) groups is 1. The quantitative estimate of drug-likeness (QED) is 0.660. The van der Waals surface area contributed by atoms with E-state index in [0.717, 1.165) is 18.7 Å². The summed E-state index contributed by atoms with van der Waals surface area (Å²) in [5, 5.41) is 0. The standard InChI is InChI=1S/C12H24N4O2S/c1-19-8-3-10(13)12(18)16-5-2-4-15(6-7-16)9-11(14)17/h10H,2-9,13H2,1H3,(H2,14,17)/t10-/m0/s1. The van der Waals surface area contributed by atoms with Crippen LogP contribution < -0.4 is 11.5 Å². The zero-order valence-electron chi connectivity index (χ0n) is 11.5. The monoisotopic (exact) mass is 288 g/mol. The van der Waals surface area contributed by atoms with Gasteiger partial charge in [0.15, 0.2) is 0 Å². The summed E-state index contributed by atoms with van der Waals surface area (Å²) in [6, 6.07) is -0.407. The van der Waals surface area contributed by atoms with Crippen LogP contribution in [0.1, 0.15) is 12.8 Å². The van der Waals surface area contributed by atoms with Gasteiger partial charge in [-0.1, -0.05) is 0 Å². The van der Waals surface area contributed by atoms with E-state index in [-0.39, 0.29) is 18.4 Å². The van der Waals surface area contributed by atoms with Gasteiger partial charge in [0.2, 0.25) is 11.8 Å². The topological polar surface area (TPSA) is 92.7 Å². The average molecular weight is 288 g/mol. The molecule has 0 spiro atoms. The van der Waals surface area contributed by atoms with E-state index < -0.39 is 6.04 Å². The van der Waals surface area contributed by atoms with E-state index in [1.807, 2.05) is 16.1 Å². The van der Waals surface area contributed by atoms with Crippen molar-refractivity contribution in [2.24, 2.45) is 11.5 Å². The summed E-state index contributed by atoms with van der Waals surface area (Å²) in [5.74, 6) is 0.598. The second-order valence-electron chi connectivity index (χ2n) is 4.81. The number of nitrogens with two attached hydrogens (primary N) is 2. The number of rotatable bonds is 6. The first-order valence-corrected chi connectivity index (χ1v) is 7.98. The van der Waals surface area contributed by atoms with Gasteiger partial charge in [0, 0.05) is 26.2 Å². The Balaban J connectivity index is 2.43. The molecule has 0 aromatic carbocycles. The molecule has 1 saturated heterocycles. The summed E-state index contributed by atoms with van der Waals surface area (Å²) in [5.41, 5.74) is 11.1. The number of amides is 2. The van der Waals surface area contributed by atoms with Crippen molar-refractivity contribution in [1.29, 1.82) is 0 Å². The van der Waals surface area contributed by atoms with Crippen LogP contribution in [0, 0.1) is 0 Å². The van der Waals surface area contributed by atoms with Gasteiger partial charge in [-0.2, -0.15) is 11.8 Å². The molecule has 19 heavy (non-hydrogen) atoms. The lowest BCUT2D eigenvalue weighted by Crippen LogP contribution is -2.45. The Kier molecular flexibility index (Phi) is 7.19. The zero-order valence-corrected chi connectivity index (χ0v) is 12.3. The van der Waals surface area contributed by atoms with Crippen molar-refractivity contribution in [2.75, 3.05) is 44.7 Å². The third-order valence-electron chi connectivity index (χ3n) is 3.23. The first kappa shape index (κ1) is 16.3. The maximum absolute atomic E-state index is 12.2. The second kappa shape index (κ2) is 8.39. The highest BCUT2D eigenvalue weighted by molar-refractivity contribution is 7.98. The average Bonchev–Trinajstić information content (AvgIpc) is 2.60. The molecule has 7 heteroatoms. The van der Waals surface area contributed by atoms with Crippen LogP contribution in [0.15, 0.2) is 0 Å². The van der Waals surface area contributed by atoms with Crippen molar-refractivity contribution in [3.8, 4) is 0 Å². The highest BCUT2D eigenvalue weighted by Crippen LogP contribution is 2.07. The van der Waals surface area contributed by atoms with Crippen molar-refractivity contribution < 1.29 is 9.59 Å². The van der Waals surface area contributed by atoms with Crippen molar-refractivity contribution in [3.05, 3.63) is 0 Å². The highest BCUT2D eigenvalue weighted by Gasteiger charge is 2.23. The van der Waals surface area contributed by atoms with Crippen molar-refractivity contribution in [2.45, 2.75) is 18.9 Å². The highest BCUT2D eigenvalue weighted by atomic mass is 32.2. The fourth-order valence-corrected chi connectivity index (χ4v) is 2.66. The zero-order chi connectivity index (χ0) is 14.3. The van der Waals surface area contributed by atoms with E-state index in [4.69, 9.17) is 11.5 Å².